The van der Waals surface area contributed by atoms with Crippen molar-refractivity contribution < 1.29 is 14.3 Å². The zero-order valence-corrected chi connectivity index (χ0v) is 11.1. The average Bonchev–Trinajstić information content (AvgIpc) is 2.37. The second-order valence-corrected chi connectivity index (χ2v) is 4.41. The molecule has 0 amide bonds. The number of ketones is 1. The van der Waals surface area contributed by atoms with Gasteiger partial charge in [-0.05, 0) is 13.3 Å². The molecular formula is C15H20O3. The first-order valence-electron chi connectivity index (χ1n) is 6.39. The second-order valence-electron chi connectivity index (χ2n) is 4.41. The third-order valence-electron chi connectivity index (χ3n) is 2.72. The fourth-order valence-electron chi connectivity index (χ4n) is 1.56. The molecule has 0 fully saturated rings. The Morgan fingerprint density at radius 1 is 1.11 bits per heavy atom. The van der Waals surface area contributed by atoms with Crippen molar-refractivity contribution in [1.82, 2.24) is 0 Å². The Labute approximate surface area is 108 Å². The molecule has 0 unspecified atom stereocenters. The molecule has 0 aromatic heterocycles. The summed E-state index contributed by atoms with van der Waals surface area (Å²) >= 11 is 0. The highest BCUT2D eigenvalue weighted by atomic mass is 16.5. The molecule has 18 heavy (non-hydrogen) atoms. The van der Waals surface area contributed by atoms with Gasteiger partial charge in [0.25, 0.3) is 0 Å². The highest BCUT2D eigenvalue weighted by Crippen LogP contribution is 2.05. The van der Waals surface area contributed by atoms with E-state index in [-0.39, 0.29) is 18.4 Å². The summed E-state index contributed by atoms with van der Waals surface area (Å²) in [4.78, 5) is 23.0. The van der Waals surface area contributed by atoms with Crippen molar-refractivity contribution in [2.24, 2.45) is 0 Å². The molecule has 1 rings (SSSR count). The number of hydrogen-bond donors (Lipinski definition) is 0. The van der Waals surface area contributed by atoms with Crippen molar-refractivity contribution in [1.29, 1.82) is 0 Å². The van der Waals surface area contributed by atoms with Crippen molar-refractivity contribution in [2.45, 2.75) is 39.5 Å². The van der Waals surface area contributed by atoms with Gasteiger partial charge in [0, 0.05) is 12.0 Å². The summed E-state index contributed by atoms with van der Waals surface area (Å²) in [6.45, 7) is 3.88. The lowest BCUT2D eigenvalue weighted by molar-refractivity contribution is -0.142. The Balaban J connectivity index is 2.32. The summed E-state index contributed by atoms with van der Waals surface area (Å²) in [6, 6.07) is 7.25. The minimum absolute atomic E-state index is 0.154. The number of benzene rings is 1. The maximum Gasteiger partial charge on any atom is 0.306 e. The van der Waals surface area contributed by atoms with E-state index in [9.17, 15) is 9.59 Å². The molecule has 98 valence electrons. The smallest absolute Gasteiger partial charge is 0.306 e. The molecular weight excluding hydrogens is 228 g/mol. The van der Waals surface area contributed by atoms with Crippen molar-refractivity contribution in [2.75, 3.05) is 6.61 Å². The largest absolute Gasteiger partial charge is 0.457 e. The Kier molecular flexibility index (Phi) is 6.12. The highest BCUT2D eigenvalue weighted by molar-refractivity contribution is 5.97. The van der Waals surface area contributed by atoms with Crippen LogP contribution in [0.15, 0.2) is 24.3 Å². The fourth-order valence-corrected chi connectivity index (χ4v) is 1.56. The molecule has 0 N–H and O–H groups in total. The van der Waals surface area contributed by atoms with Crippen LogP contribution < -0.4 is 0 Å². The quantitative estimate of drug-likeness (QED) is 0.422. The van der Waals surface area contributed by atoms with Gasteiger partial charge in [-0.15, -0.1) is 0 Å². The van der Waals surface area contributed by atoms with E-state index in [1.54, 1.807) is 12.1 Å². The molecule has 0 aliphatic heterocycles. The first kappa shape index (κ1) is 14.4. The maximum atomic E-state index is 11.7. The van der Waals surface area contributed by atoms with Crippen LogP contribution in [-0.4, -0.2) is 18.4 Å². The molecule has 0 bridgehead atoms. The van der Waals surface area contributed by atoms with Crippen LogP contribution in [-0.2, 0) is 9.53 Å². The van der Waals surface area contributed by atoms with Crippen LogP contribution in [0, 0.1) is 6.92 Å². The van der Waals surface area contributed by atoms with Crippen LogP contribution in [0.1, 0.15) is 48.5 Å². The van der Waals surface area contributed by atoms with Crippen molar-refractivity contribution >= 4 is 11.8 Å². The lowest BCUT2D eigenvalue weighted by Crippen LogP contribution is -2.13. The molecule has 0 spiro atoms. The summed E-state index contributed by atoms with van der Waals surface area (Å²) in [5.41, 5.74) is 1.69. The molecule has 1 aromatic carbocycles. The number of carbonyl (C=O) groups is 2. The van der Waals surface area contributed by atoms with Gasteiger partial charge in [-0.25, -0.2) is 0 Å². The van der Waals surface area contributed by atoms with Gasteiger partial charge in [0.15, 0.2) is 12.4 Å². The van der Waals surface area contributed by atoms with Gasteiger partial charge in [0.1, 0.15) is 0 Å². The summed E-state index contributed by atoms with van der Waals surface area (Å²) in [5, 5.41) is 0. The predicted octanol–water partition coefficient (Wildman–Crippen LogP) is 3.30. The molecule has 3 nitrogen and oxygen atoms in total. The van der Waals surface area contributed by atoms with E-state index < -0.39 is 0 Å². The average molecular weight is 248 g/mol. The topological polar surface area (TPSA) is 43.4 Å². The van der Waals surface area contributed by atoms with Crippen LogP contribution in [0.5, 0.6) is 0 Å². The highest BCUT2D eigenvalue weighted by Gasteiger charge is 2.09. The molecule has 3 heteroatoms. The fraction of sp³-hybridized carbons (Fsp3) is 0.467. The lowest BCUT2D eigenvalue weighted by Gasteiger charge is -2.04. The van der Waals surface area contributed by atoms with E-state index >= 15 is 0 Å². The summed E-state index contributed by atoms with van der Waals surface area (Å²) < 4.78 is 4.95. The zero-order valence-electron chi connectivity index (χ0n) is 11.1. The van der Waals surface area contributed by atoms with Gasteiger partial charge in [0.2, 0.25) is 0 Å². The van der Waals surface area contributed by atoms with Gasteiger partial charge in [0.05, 0.1) is 0 Å². The van der Waals surface area contributed by atoms with E-state index in [0.29, 0.717) is 12.0 Å². The van der Waals surface area contributed by atoms with Crippen LogP contribution >= 0.6 is 0 Å². The van der Waals surface area contributed by atoms with E-state index in [1.165, 1.54) is 0 Å². The molecule has 1 aromatic rings. The summed E-state index contributed by atoms with van der Waals surface area (Å²) in [7, 11) is 0. The Hall–Kier alpha value is -1.64. The number of unbranched alkanes of at least 4 members (excludes halogenated alkanes) is 2. The summed E-state index contributed by atoms with van der Waals surface area (Å²) in [5.74, 6) is -0.442. The number of Topliss-reactive ketones (excluding diaryl/α,β-unsaturated/α-hetero) is 1. The third-order valence-corrected chi connectivity index (χ3v) is 2.72. The van der Waals surface area contributed by atoms with Crippen LogP contribution in [0.4, 0.5) is 0 Å². The molecule has 0 atom stereocenters. The summed E-state index contributed by atoms with van der Waals surface area (Å²) in [6.07, 6.45) is 3.31. The lowest BCUT2D eigenvalue weighted by atomic mass is 10.1. The van der Waals surface area contributed by atoms with E-state index in [1.807, 2.05) is 19.1 Å². The number of rotatable bonds is 7. The van der Waals surface area contributed by atoms with E-state index in [4.69, 9.17) is 4.74 Å². The third kappa shape index (κ3) is 5.13. The van der Waals surface area contributed by atoms with Crippen LogP contribution in [0.25, 0.3) is 0 Å². The monoisotopic (exact) mass is 248 g/mol. The molecule has 0 saturated carbocycles. The molecule has 0 aliphatic carbocycles. The second kappa shape index (κ2) is 7.64. The van der Waals surface area contributed by atoms with Gasteiger partial charge >= 0.3 is 5.97 Å². The Morgan fingerprint density at radius 2 is 1.78 bits per heavy atom. The van der Waals surface area contributed by atoms with Crippen molar-refractivity contribution in [3.05, 3.63) is 35.4 Å². The van der Waals surface area contributed by atoms with Gasteiger partial charge < -0.3 is 4.74 Å². The SMILES string of the molecule is CCCCCC(=O)OCC(=O)c1ccc(C)cc1. The first-order valence-corrected chi connectivity index (χ1v) is 6.39. The molecule has 0 heterocycles. The zero-order chi connectivity index (χ0) is 13.4. The standard InChI is InChI=1S/C15H20O3/c1-3-4-5-6-15(17)18-11-14(16)13-9-7-12(2)8-10-13/h7-10H,3-6,11H2,1-2H3. The van der Waals surface area contributed by atoms with Gasteiger partial charge in [-0.3, -0.25) is 9.59 Å². The van der Waals surface area contributed by atoms with Gasteiger partial charge in [-0.2, -0.15) is 0 Å². The van der Waals surface area contributed by atoms with Crippen LogP contribution in [0.3, 0.4) is 0 Å². The number of ether oxygens (including phenoxy) is 1. The molecule has 0 saturated heterocycles. The minimum atomic E-state index is -0.288. The Morgan fingerprint density at radius 3 is 2.39 bits per heavy atom. The number of hydrogen-bond acceptors (Lipinski definition) is 3. The van der Waals surface area contributed by atoms with Crippen LogP contribution in [0.2, 0.25) is 0 Å². The van der Waals surface area contributed by atoms with Gasteiger partial charge in [-0.1, -0.05) is 49.6 Å². The van der Waals surface area contributed by atoms with E-state index in [0.717, 1.165) is 24.8 Å². The normalized spacial score (nSPS) is 10.1. The maximum absolute atomic E-state index is 11.7. The van der Waals surface area contributed by atoms with Crippen molar-refractivity contribution in [3.63, 3.8) is 0 Å². The molecule has 0 aliphatic rings. The van der Waals surface area contributed by atoms with Crippen molar-refractivity contribution in [3.8, 4) is 0 Å². The number of aryl methyl sites for hydroxylation is 1. The number of esters is 1. The Bertz CT molecular complexity index is 393. The molecule has 0 radical (unpaired) electrons. The predicted molar refractivity (Wildman–Crippen MR) is 70.6 cm³/mol. The number of carbonyl (C=O) groups excluding carboxylic acids is 2. The first-order chi connectivity index (χ1) is 8.63. The minimum Gasteiger partial charge on any atom is -0.457 e. The van der Waals surface area contributed by atoms with E-state index in [2.05, 4.69) is 6.92 Å².